The second-order valence-electron chi connectivity index (χ2n) is 5.77. The number of nitrogens with zero attached hydrogens (tertiary/aromatic N) is 1. The lowest BCUT2D eigenvalue weighted by molar-refractivity contribution is -0.179. The molecule has 0 aromatic heterocycles. The summed E-state index contributed by atoms with van der Waals surface area (Å²) in [6.45, 7) is 2.83. The summed E-state index contributed by atoms with van der Waals surface area (Å²) in [7, 11) is 0. The third-order valence-electron chi connectivity index (χ3n) is 3.87. The van der Waals surface area contributed by atoms with Gasteiger partial charge >= 0.3 is 6.18 Å². The maximum absolute atomic E-state index is 12.7. The zero-order valence-corrected chi connectivity index (χ0v) is 13.5. The smallest absolute Gasteiger partial charge is 0.371 e. The molecule has 0 spiro atoms. The maximum atomic E-state index is 12.7. The molecule has 1 heterocycles. The molecular weight excluding hydrogens is 345 g/mol. The zero-order valence-electron chi connectivity index (χ0n) is 12.0. The van der Waals surface area contributed by atoms with E-state index in [-0.39, 0.29) is 18.9 Å². The van der Waals surface area contributed by atoms with Crippen LogP contribution in [0.4, 0.5) is 18.9 Å². The fourth-order valence-corrected chi connectivity index (χ4v) is 3.43. The van der Waals surface area contributed by atoms with Crippen LogP contribution in [-0.2, 0) is 6.42 Å². The van der Waals surface area contributed by atoms with Crippen molar-refractivity contribution in [2.45, 2.75) is 38.4 Å². The van der Waals surface area contributed by atoms with Gasteiger partial charge in [0, 0.05) is 23.6 Å². The molecule has 1 unspecified atom stereocenters. The predicted octanol–water partition coefficient (Wildman–Crippen LogP) is 4.12. The van der Waals surface area contributed by atoms with Crippen molar-refractivity contribution in [1.29, 1.82) is 0 Å². The number of alkyl halides is 3. The largest absolute Gasteiger partial charge is 0.391 e. The van der Waals surface area contributed by atoms with Gasteiger partial charge in [-0.1, -0.05) is 6.07 Å². The fraction of sp³-hybridized carbons (Fsp3) is 0.600. The van der Waals surface area contributed by atoms with Crippen LogP contribution >= 0.6 is 15.9 Å². The molecule has 1 saturated heterocycles. The Labute approximate surface area is 131 Å². The van der Waals surface area contributed by atoms with Crippen LogP contribution in [0.3, 0.4) is 0 Å². The Morgan fingerprint density at radius 2 is 1.95 bits per heavy atom. The van der Waals surface area contributed by atoms with Crippen LogP contribution in [0.2, 0.25) is 0 Å². The van der Waals surface area contributed by atoms with Gasteiger partial charge in [-0.2, -0.15) is 13.2 Å². The number of benzene rings is 1. The van der Waals surface area contributed by atoms with E-state index in [1.807, 2.05) is 30.0 Å². The van der Waals surface area contributed by atoms with Crippen LogP contribution in [0.5, 0.6) is 0 Å². The van der Waals surface area contributed by atoms with Crippen molar-refractivity contribution in [3.05, 3.63) is 28.2 Å². The Kier molecular flexibility index (Phi) is 5.20. The maximum Gasteiger partial charge on any atom is 0.391 e. The highest BCUT2D eigenvalue weighted by Crippen LogP contribution is 2.37. The molecule has 1 fully saturated rings. The molecule has 21 heavy (non-hydrogen) atoms. The van der Waals surface area contributed by atoms with Crippen LogP contribution in [0.25, 0.3) is 0 Å². The summed E-state index contributed by atoms with van der Waals surface area (Å²) in [5.41, 5.74) is 7.87. The van der Waals surface area contributed by atoms with Gasteiger partial charge in [0.05, 0.1) is 11.6 Å². The third-order valence-corrected chi connectivity index (χ3v) is 4.50. The molecule has 1 aliphatic rings. The number of nitrogens with two attached hydrogens (primary N) is 1. The zero-order chi connectivity index (χ0) is 15.6. The highest BCUT2D eigenvalue weighted by Gasteiger charge is 2.41. The molecular formula is C15H20BrF3N2. The third kappa shape index (κ3) is 4.36. The first-order valence-corrected chi connectivity index (χ1v) is 7.92. The van der Waals surface area contributed by atoms with E-state index in [0.717, 1.165) is 22.1 Å². The minimum Gasteiger partial charge on any atom is -0.371 e. The van der Waals surface area contributed by atoms with Gasteiger partial charge in [0.1, 0.15) is 0 Å². The van der Waals surface area contributed by atoms with E-state index in [9.17, 15) is 13.2 Å². The Hall–Kier alpha value is -0.750. The molecule has 118 valence electrons. The van der Waals surface area contributed by atoms with Crippen LogP contribution in [-0.4, -0.2) is 25.3 Å². The molecule has 6 heteroatoms. The van der Waals surface area contributed by atoms with E-state index >= 15 is 0 Å². The quantitative estimate of drug-likeness (QED) is 0.873. The van der Waals surface area contributed by atoms with E-state index in [0.29, 0.717) is 13.1 Å². The molecule has 2 nitrogen and oxygen atoms in total. The van der Waals surface area contributed by atoms with Gasteiger partial charge in [-0.05, 0) is 59.8 Å². The van der Waals surface area contributed by atoms with Gasteiger partial charge in [0.2, 0.25) is 0 Å². The number of hydrogen-bond donors (Lipinski definition) is 1. The topological polar surface area (TPSA) is 29.3 Å². The first-order valence-electron chi connectivity index (χ1n) is 7.13. The van der Waals surface area contributed by atoms with Crippen molar-refractivity contribution in [1.82, 2.24) is 0 Å². The van der Waals surface area contributed by atoms with Crippen molar-refractivity contribution in [2.24, 2.45) is 11.7 Å². The molecule has 1 aromatic rings. The Balaban J connectivity index is 2.04. The van der Waals surface area contributed by atoms with Crippen molar-refractivity contribution < 1.29 is 13.2 Å². The molecule has 2 rings (SSSR count). The summed E-state index contributed by atoms with van der Waals surface area (Å²) in [5, 5.41) is 0. The second kappa shape index (κ2) is 6.57. The van der Waals surface area contributed by atoms with Gasteiger partial charge in [0.15, 0.2) is 0 Å². The molecule has 0 bridgehead atoms. The van der Waals surface area contributed by atoms with Gasteiger partial charge in [-0.15, -0.1) is 0 Å². The van der Waals surface area contributed by atoms with Crippen molar-refractivity contribution in [3.8, 4) is 0 Å². The van der Waals surface area contributed by atoms with Crippen molar-refractivity contribution in [2.75, 3.05) is 18.0 Å². The molecule has 2 N–H and O–H groups in total. The summed E-state index contributed by atoms with van der Waals surface area (Å²) >= 11 is 3.52. The summed E-state index contributed by atoms with van der Waals surface area (Å²) in [6.07, 6.45) is -2.95. The Morgan fingerprint density at radius 1 is 1.33 bits per heavy atom. The van der Waals surface area contributed by atoms with E-state index in [4.69, 9.17) is 5.73 Å². The lowest BCUT2D eigenvalue weighted by atomic mass is 9.96. The van der Waals surface area contributed by atoms with Gasteiger partial charge in [-0.3, -0.25) is 0 Å². The number of rotatable bonds is 3. The second-order valence-corrected chi connectivity index (χ2v) is 6.62. The number of hydrogen-bond acceptors (Lipinski definition) is 2. The standard InChI is InChI=1S/C15H20BrF3N2/c1-10(20)8-11-2-3-14(13(16)9-11)21-6-4-12(5-7-21)15(17,18)19/h2-3,9-10,12H,4-8,20H2,1H3. The summed E-state index contributed by atoms with van der Waals surface area (Å²) in [6, 6.07) is 6.06. The van der Waals surface area contributed by atoms with E-state index in [2.05, 4.69) is 15.9 Å². The fourth-order valence-electron chi connectivity index (χ4n) is 2.75. The van der Waals surface area contributed by atoms with Crippen molar-refractivity contribution in [3.63, 3.8) is 0 Å². The average Bonchev–Trinajstić information content (AvgIpc) is 2.37. The monoisotopic (exact) mass is 364 g/mol. The highest BCUT2D eigenvalue weighted by molar-refractivity contribution is 9.10. The highest BCUT2D eigenvalue weighted by atomic mass is 79.9. The minimum absolute atomic E-state index is 0.0882. The SMILES string of the molecule is CC(N)Cc1ccc(N2CCC(C(F)(F)F)CC2)c(Br)c1. The molecule has 0 aliphatic carbocycles. The Morgan fingerprint density at radius 3 is 2.43 bits per heavy atom. The predicted molar refractivity (Wildman–Crippen MR) is 82.5 cm³/mol. The summed E-state index contributed by atoms with van der Waals surface area (Å²) < 4.78 is 39.0. The molecule has 1 atom stereocenters. The molecule has 0 amide bonds. The minimum atomic E-state index is -4.07. The molecule has 0 radical (unpaired) electrons. The summed E-state index contributed by atoms with van der Waals surface area (Å²) in [5.74, 6) is -1.16. The molecule has 1 aliphatic heterocycles. The molecule has 1 aromatic carbocycles. The lowest BCUT2D eigenvalue weighted by Gasteiger charge is -2.35. The van der Waals surface area contributed by atoms with Crippen LogP contribution in [0, 0.1) is 5.92 Å². The number of piperidine rings is 1. The number of anilines is 1. The van der Waals surface area contributed by atoms with Gasteiger partial charge in [-0.25, -0.2) is 0 Å². The van der Waals surface area contributed by atoms with Crippen LogP contribution in [0.1, 0.15) is 25.3 Å². The first kappa shape index (κ1) is 16.6. The first-order chi connectivity index (χ1) is 9.77. The van der Waals surface area contributed by atoms with Crippen LogP contribution < -0.4 is 10.6 Å². The Bertz CT molecular complexity index is 480. The van der Waals surface area contributed by atoms with E-state index in [1.54, 1.807) is 0 Å². The molecule has 0 saturated carbocycles. The van der Waals surface area contributed by atoms with E-state index < -0.39 is 12.1 Å². The van der Waals surface area contributed by atoms with Gasteiger partial charge < -0.3 is 10.6 Å². The normalized spacial score (nSPS) is 18.9. The van der Waals surface area contributed by atoms with Gasteiger partial charge in [0.25, 0.3) is 0 Å². The number of halogens is 4. The summed E-state index contributed by atoms with van der Waals surface area (Å²) in [4.78, 5) is 2.02. The van der Waals surface area contributed by atoms with E-state index in [1.165, 1.54) is 0 Å². The van der Waals surface area contributed by atoms with Crippen LogP contribution in [0.15, 0.2) is 22.7 Å². The average molecular weight is 365 g/mol. The van der Waals surface area contributed by atoms with Crippen molar-refractivity contribution >= 4 is 21.6 Å². The lowest BCUT2D eigenvalue weighted by Crippen LogP contribution is -2.39.